The number of thiazole rings is 1. The first-order valence-electron chi connectivity index (χ1n) is 8.54. The number of nitrogens with one attached hydrogen (secondary N) is 1. The maximum Gasteiger partial charge on any atom is 0.230 e. The first-order chi connectivity index (χ1) is 12.2. The first-order valence-corrected chi connectivity index (χ1v) is 9.42. The van der Waals surface area contributed by atoms with Crippen molar-refractivity contribution in [1.82, 2.24) is 19.4 Å². The van der Waals surface area contributed by atoms with Crippen molar-refractivity contribution in [3.63, 3.8) is 0 Å². The number of aromatic nitrogens is 3. The second-order valence-electron chi connectivity index (χ2n) is 6.48. The Bertz CT molecular complexity index is 873. The molecule has 3 aromatic rings. The molecule has 1 amide bonds. The minimum Gasteiger partial charge on any atom is -0.330 e. The number of benzene rings is 1. The molecule has 1 atom stereocenters. The minimum absolute atomic E-state index is 0.00679. The summed E-state index contributed by atoms with van der Waals surface area (Å²) < 4.78 is 2.15. The number of carbonyl (C=O) groups is 1. The lowest BCUT2D eigenvalue weighted by Gasteiger charge is -2.31. The largest absolute Gasteiger partial charge is 0.330 e. The molecule has 1 aromatic carbocycles. The number of aryl methyl sites for hydroxylation is 1. The number of nitrogens with zero attached hydrogens (tertiary/aromatic N) is 4. The van der Waals surface area contributed by atoms with Crippen molar-refractivity contribution in [1.29, 1.82) is 0 Å². The highest BCUT2D eigenvalue weighted by molar-refractivity contribution is 7.13. The summed E-state index contributed by atoms with van der Waals surface area (Å²) in [5.74, 6) is 1.12. The predicted molar refractivity (Wildman–Crippen MR) is 99.5 cm³/mol. The van der Waals surface area contributed by atoms with E-state index in [-0.39, 0.29) is 11.8 Å². The third kappa shape index (κ3) is 3.43. The molecule has 1 aliphatic heterocycles. The summed E-state index contributed by atoms with van der Waals surface area (Å²) in [7, 11) is 2.06. The van der Waals surface area contributed by atoms with Crippen LogP contribution in [0.25, 0.3) is 11.0 Å². The van der Waals surface area contributed by atoms with E-state index in [9.17, 15) is 4.79 Å². The van der Waals surface area contributed by atoms with Gasteiger partial charge in [-0.1, -0.05) is 12.1 Å². The van der Waals surface area contributed by atoms with Gasteiger partial charge in [-0.2, -0.15) is 0 Å². The molecule has 1 fully saturated rings. The lowest BCUT2D eigenvalue weighted by molar-refractivity contribution is -0.121. The Labute approximate surface area is 150 Å². The number of imidazole rings is 1. The number of para-hydroxylation sites is 2. The maximum atomic E-state index is 12.5. The molecule has 0 bridgehead atoms. The van der Waals surface area contributed by atoms with Crippen molar-refractivity contribution in [2.45, 2.75) is 19.4 Å². The van der Waals surface area contributed by atoms with Crippen molar-refractivity contribution in [3.8, 4) is 0 Å². The molecule has 0 radical (unpaired) electrons. The maximum absolute atomic E-state index is 12.5. The van der Waals surface area contributed by atoms with Crippen LogP contribution in [-0.4, -0.2) is 38.4 Å². The highest BCUT2D eigenvalue weighted by Crippen LogP contribution is 2.22. The van der Waals surface area contributed by atoms with Gasteiger partial charge >= 0.3 is 0 Å². The van der Waals surface area contributed by atoms with Gasteiger partial charge < -0.3 is 9.88 Å². The summed E-state index contributed by atoms with van der Waals surface area (Å²) in [6, 6.07) is 8.18. The van der Waals surface area contributed by atoms with Crippen LogP contribution in [0.2, 0.25) is 0 Å². The van der Waals surface area contributed by atoms with E-state index in [1.54, 1.807) is 6.20 Å². The van der Waals surface area contributed by atoms with Gasteiger partial charge in [-0.05, 0) is 31.5 Å². The lowest BCUT2D eigenvalue weighted by Crippen LogP contribution is -2.40. The van der Waals surface area contributed by atoms with E-state index in [1.807, 2.05) is 23.6 Å². The zero-order valence-electron chi connectivity index (χ0n) is 14.2. The lowest BCUT2D eigenvalue weighted by atomic mass is 9.97. The molecule has 0 unspecified atom stereocenters. The Kier molecular flexibility index (Phi) is 4.50. The standard InChI is InChI=1S/C18H21N5OS/c1-22-15-7-3-2-6-14(15)20-16(22)12-23-9-4-5-13(11-23)17(24)21-18-19-8-10-25-18/h2-3,6-8,10,13H,4-5,9,11-12H2,1H3,(H,19,21,24)/t13-/m1/s1. The molecule has 1 N–H and O–H groups in total. The summed E-state index contributed by atoms with van der Waals surface area (Å²) in [6.07, 6.45) is 3.66. The molecule has 4 rings (SSSR count). The average Bonchev–Trinajstić information content (AvgIpc) is 3.24. The molecule has 130 valence electrons. The van der Waals surface area contributed by atoms with Gasteiger partial charge in [0.25, 0.3) is 0 Å². The van der Waals surface area contributed by atoms with Crippen molar-refractivity contribution < 1.29 is 4.79 Å². The number of hydrogen-bond donors (Lipinski definition) is 1. The molecule has 0 saturated carbocycles. The summed E-state index contributed by atoms with van der Waals surface area (Å²) in [5.41, 5.74) is 2.17. The van der Waals surface area contributed by atoms with Crippen molar-refractivity contribution in [3.05, 3.63) is 41.7 Å². The topological polar surface area (TPSA) is 63.1 Å². The van der Waals surface area contributed by atoms with Crippen molar-refractivity contribution in [2.24, 2.45) is 13.0 Å². The molecule has 7 heteroatoms. The van der Waals surface area contributed by atoms with Crippen LogP contribution in [0, 0.1) is 5.92 Å². The van der Waals surface area contributed by atoms with Gasteiger partial charge in [-0.3, -0.25) is 9.69 Å². The van der Waals surface area contributed by atoms with Gasteiger partial charge in [0.2, 0.25) is 5.91 Å². The first kappa shape index (κ1) is 16.2. The van der Waals surface area contributed by atoms with Gasteiger partial charge in [0.15, 0.2) is 5.13 Å². The molecular weight excluding hydrogens is 334 g/mol. The van der Waals surface area contributed by atoms with E-state index in [0.717, 1.165) is 49.3 Å². The number of fused-ring (bicyclic) bond motifs is 1. The van der Waals surface area contributed by atoms with Crippen LogP contribution >= 0.6 is 11.3 Å². The number of likely N-dealkylation sites (tertiary alicyclic amines) is 1. The molecule has 3 heterocycles. The van der Waals surface area contributed by atoms with E-state index in [1.165, 1.54) is 11.3 Å². The average molecular weight is 355 g/mol. The van der Waals surface area contributed by atoms with Crippen LogP contribution in [0.5, 0.6) is 0 Å². The third-order valence-electron chi connectivity index (χ3n) is 4.78. The van der Waals surface area contributed by atoms with Crippen LogP contribution < -0.4 is 5.32 Å². The monoisotopic (exact) mass is 355 g/mol. The second kappa shape index (κ2) is 6.93. The number of hydrogen-bond acceptors (Lipinski definition) is 5. The Balaban J connectivity index is 1.44. The van der Waals surface area contributed by atoms with Crippen LogP contribution in [0.15, 0.2) is 35.8 Å². The smallest absolute Gasteiger partial charge is 0.230 e. The van der Waals surface area contributed by atoms with Crippen LogP contribution in [0.4, 0.5) is 5.13 Å². The number of piperidine rings is 1. The van der Waals surface area contributed by atoms with Crippen LogP contribution in [0.3, 0.4) is 0 Å². The van der Waals surface area contributed by atoms with Gasteiger partial charge in [-0.15, -0.1) is 11.3 Å². The van der Waals surface area contributed by atoms with E-state index in [4.69, 9.17) is 4.98 Å². The zero-order chi connectivity index (χ0) is 17.2. The molecule has 6 nitrogen and oxygen atoms in total. The van der Waals surface area contributed by atoms with E-state index in [2.05, 4.69) is 32.9 Å². The van der Waals surface area contributed by atoms with E-state index >= 15 is 0 Å². The van der Waals surface area contributed by atoms with E-state index in [0.29, 0.717) is 5.13 Å². The highest BCUT2D eigenvalue weighted by atomic mass is 32.1. The predicted octanol–water partition coefficient (Wildman–Crippen LogP) is 2.88. The fourth-order valence-electron chi connectivity index (χ4n) is 3.44. The number of carbonyl (C=O) groups excluding carboxylic acids is 1. The SMILES string of the molecule is Cn1c(CN2CCC[C@@H](C(=O)Nc3nccs3)C2)nc2ccccc21. The normalized spacial score (nSPS) is 18.5. The van der Waals surface area contributed by atoms with Crippen LogP contribution in [0.1, 0.15) is 18.7 Å². The quantitative estimate of drug-likeness (QED) is 0.782. The van der Waals surface area contributed by atoms with Gasteiger partial charge in [0.1, 0.15) is 5.82 Å². The molecule has 0 aliphatic carbocycles. The molecular formula is C18H21N5OS. The molecule has 1 saturated heterocycles. The highest BCUT2D eigenvalue weighted by Gasteiger charge is 2.27. The summed E-state index contributed by atoms with van der Waals surface area (Å²) in [4.78, 5) is 23.7. The second-order valence-corrected chi connectivity index (χ2v) is 7.37. The fraction of sp³-hybridized carbons (Fsp3) is 0.389. The molecule has 1 aliphatic rings. The van der Waals surface area contributed by atoms with Crippen molar-refractivity contribution in [2.75, 3.05) is 18.4 Å². The molecule has 25 heavy (non-hydrogen) atoms. The Morgan fingerprint density at radius 1 is 1.40 bits per heavy atom. The molecule has 0 spiro atoms. The molecule has 2 aromatic heterocycles. The summed E-state index contributed by atoms with van der Waals surface area (Å²) >= 11 is 1.45. The van der Waals surface area contributed by atoms with Crippen molar-refractivity contribution >= 4 is 33.4 Å². The zero-order valence-corrected chi connectivity index (χ0v) is 15.0. The Morgan fingerprint density at radius 2 is 2.28 bits per heavy atom. The van der Waals surface area contributed by atoms with Crippen LogP contribution in [-0.2, 0) is 18.4 Å². The Hall–Kier alpha value is -2.25. The fourth-order valence-corrected chi connectivity index (χ4v) is 3.97. The van der Waals surface area contributed by atoms with Gasteiger partial charge in [0, 0.05) is 25.2 Å². The van der Waals surface area contributed by atoms with Gasteiger partial charge in [-0.25, -0.2) is 9.97 Å². The number of anilines is 1. The summed E-state index contributed by atoms with van der Waals surface area (Å²) in [5, 5.41) is 5.48. The number of rotatable bonds is 4. The summed E-state index contributed by atoms with van der Waals surface area (Å²) in [6.45, 7) is 2.54. The minimum atomic E-state index is 0.00679. The third-order valence-corrected chi connectivity index (χ3v) is 5.47. The van der Waals surface area contributed by atoms with Gasteiger partial charge in [0.05, 0.1) is 23.5 Å². The van der Waals surface area contributed by atoms with E-state index < -0.39 is 0 Å². The number of amides is 1. The Morgan fingerprint density at radius 3 is 3.08 bits per heavy atom.